The molecule has 2 aliphatic rings. The van der Waals surface area contributed by atoms with Crippen LogP contribution in [-0.2, 0) is 4.79 Å². The molecule has 1 aliphatic carbocycles. The van der Waals surface area contributed by atoms with Gasteiger partial charge in [-0.25, -0.2) is 4.98 Å². The summed E-state index contributed by atoms with van der Waals surface area (Å²) in [6.07, 6.45) is 5.11. The fourth-order valence-corrected chi connectivity index (χ4v) is 2.57. The Morgan fingerprint density at radius 2 is 2.22 bits per heavy atom. The van der Waals surface area contributed by atoms with Crippen LogP contribution in [0, 0.1) is 5.92 Å². The molecule has 18 heavy (non-hydrogen) atoms. The Kier molecular flexibility index (Phi) is 3.24. The summed E-state index contributed by atoms with van der Waals surface area (Å²) in [6, 6.07) is 3.75. The molecule has 1 amide bonds. The van der Waals surface area contributed by atoms with E-state index in [1.54, 1.807) is 6.20 Å². The normalized spacial score (nSPS) is 20.2. The van der Waals surface area contributed by atoms with Gasteiger partial charge in [-0.05, 0) is 40.9 Å². The van der Waals surface area contributed by atoms with E-state index in [2.05, 4.69) is 20.9 Å². The van der Waals surface area contributed by atoms with Crippen molar-refractivity contribution in [1.82, 2.24) is 9.88 Å². The van der Waals surface area contributed by atoms with Crippen LogP contribution >= 0.6 is 15.9 Å². The molecule has 0 N–H and O–H groups in total. The van der Waals surface area contributed by atoms with Crippen molar-refractivity contribution in [3.05, 3.63) is 22.8 Å². The number of pyridine rings is 1. The van der Waals surface area contributed by atoms with Crippen LogP contribution in [0.15, 0.2) is 22.8 Å². The average molecular weight is 311 g/mol. The molecule has 2 heterocycles. The van der Waals surface area contributed by atoms with E-state index < -0.39 is 0 Å². The zero-order valence-electron chi connectivity index (χ0n) is 10.0. The largest absolute Gasteiger partial charge is 0.470 e. The molecule has 1 saturated carbocycles. The molecule has 1 aromatic rings. The van der Waals surface area contributed by atoms with Crippen molar-refractivity contribution >= 4 is 21.8 Å². The minimum Gasteiger partial charge on any atom is -0.470 e. The molecule has 0 bridgehead atoms. The van der Waals surface area contributed by atoms with Crippen LogP contribution in [-0.4, -0.2) is 35.0 Å². The number of nitrogens with zero attached hydrogens (tertiary/aromatic N) is 2. The minimum atomic E-state index is 0.0835. The zero-order valence-corrected chi connectivity index (χ0v) is 11.6. The topological polar surface area (TPSA) is 42.4 Å². The van der Waals surface area contributed by atoms with E-state index in [4.69, 9.17) is 4.74 Å². The number of rotatable bonds is 3. The van der Waals surface area contributed by atoms with E-state index >= 15 is 0 Å². The second-order valence-corrected chi connectivity index (χ2v) is 5.76. The van der Waals surface area contributed by atoms with Gasteiger partial charge < -0.3 is 9.64 Å². The maximum atomic E-state index is 11.9. The number of ether oxygens (including phenoxy) is 1. The van der Waals surface area contributed by atoms with Crippen LogP contribution in [0.1, 0.15) is 19.3 Å². The van der Waals surface area contributed by atoms with Crippen molar-refractivity contribution in [2.24, 2.45) is 5.92 Å². The predicted molar refractivity (Wildman–Crippen MR) is 70.3 cm³/mol. The van der Waals surface area contributed by atoms with Crippen LogP contribution < -0.4 is 4.74 Å². The summed E-state index contributed by atoms with van der Waals surface area (Å²) in [4.78, 5) is 18.0. The Morgan fingerprint density at radius 3 is 2.83 bits per heavy atom. The van der Waals surface area contributed by atoms with Gasteiger partial charge >= 0.3 is 0 Å². The van der Waals surface area contributed by atoms with Crippen LogP contribution in [0.2, 0.25) is 0 Å². The number of aromatic nitrogens is 1. The van der Waals surface area contributed by atoms with Gasteiger partial charge in [0.2, 0.25) is 11.8 Å². The van der Waals surface area contributed by atoms with Crippen molar-refractivity contribution in [3.63, 3.8) is 0 Å². The van der Waals surface area contributed by atoms with Gasteiger partial charge in [0, 0.05) is 12.1 Å². The van der Waals surface area contributed by atoms with E-state index in [9.17, 15) is 4.79 Å². The second-order valence-electron chi connectivity index (χ2n) is 4.90. The van der Waals surface area contributed by atoms with Crippen molar-refractivity contribution < 1.29 is 9.53 Å². The standard InChI is InChI=1S/C13H15BrN2O2/c14-11-5-2-6-15-12(11)18-10-7-16(8-10)13(17)9-3-1-4-9/h2,5-6,9-10H,1,3-4,7-8H2. The third-order valence-electron chi connectivity index (χ3n) is 3.62. The van der Waals surface area contributed by atoms with Gasteiger partial charge in [-0.3, -0.25) is 4.79 Å². The number of likely N-dealkylation sites (tertiary alicyclic amines) is 1. The molecule has 1 aliphatic heterocycles. The Balaban J connectivity index is 1.50. The molecule has 0 radical (unpaired) electrons. The van der Waals surface area contributed by atoms with Gasteiger partial charge in [0.15, 0.2) is 0 Å². The van der Waals surface area contributed by atoms with Gasteiger partial charge in [-0.15, -0.1) is 0 Å². The summed E-state index contributed by atoms with van der Waals surface area (Å²) >= 11 is 3.40. The fourth-order valence-electron chi connectivity index (χ4n) is 2.22. The van der Waals surface area contributed by atoms with Crippen LogP contribution in [0.5, 0.6) is 5.88 Å². The third kappa shape index (κ3) is 2.23. The van der Waals surface area contributed by atoms with E-state index in [0.717, 1.165) is 17.3 Å². The van der Waals surface area contributed by atoms with Crippen molar-refractivity contribution in [3.8, 4) is 5.88 Å². The molecule has 0 atom stereocenters. The molecule has 1 aromatic heterocycles. The maximum Gasteiger partial charge on any atom is 0.228 e. The van der Waals surface area contributed by atoms with Crippen LogP contribution in [0.3, 0.4) is 0 Å². The third-order valence-corrected chi connectivity index (χ3v) is 4.22. The molecule has 2 fully saturated rings. The number of hydrogen-bond donors (Lipinski definition) is 0. The quantitative estimate of drug-likeness (QED) is 0.860. The number of halogens is 1. The lowest BCUT2D eigenvalue weighted by Crippen LogP contribution is -2.58. The first-order valence-corrected chi connectivity index (χ1v) is 7.09. The Hall–Kier alpha value is -1.10. The highest BCUT2D eigenvalue weighted by Gasteiger charge is 2.37. The molecular formula is C13H15BrN2O2. The molecule has 5 heteroatoms. The molecule has 96 valence electrons. The Morgan fingerprint density at radius 1 is 1.44 bits per heavy atom. The molecule has 4 nitrogen and oxygen atoms in total. The van der Waals surface area contributed by atoms with Crippen molar-refractivity contribution in [2.75, 3.05) is 13.1 Å². The fraction of sp³-hybridized carbons (Fsp3) is 0.538. The monoisotopic (exact) mass is 310 g/mol. The molecule has 0 spiro atoms. The van der Waals surface area contributed by atoms with E-state index in [1.165, 1.54) is 6.42 Å². The van der Waals surface area contributed by atoms with Gasteiger partial charge in [0.05, 0.1) is 17.6 Å². The lowest BCUT2D eigenvalue weighted by atomic mass is 9.83. The smallest absolute Gasteiger partial charge is 0.228 e. The first-order chi connectivity index (χ1) is 8.74. The van der Waals surface area contributed by atoms with Gasteiger partial charge in [-0.2, -0.15) is 0 Å². The lowest BCUT2D eigenvalue weighted by Gasteiger charge is -2.42. The molecular weight excluding hydrogens is 296 g/mol. The number of carbonyl (C=O) groups excluding carboxylic acids is 1. The van der Waals surface area contributed by atoms with Crippen molar-refractivity contribution in [1.29, 1.82) is 0 Å². The van der Waals surface area contributed by atoms with Gasteiger partial charge in [-0.1, -0.05) is 6.42 Å². The highest BCUT2D eigenvalue weighted by Crippen LogP contribution is 2.31. The van der Waals surface area contributed by atoms with Gasteiger partial charge in [0.1, 0.15) is 6.10 Å². The molecule has 3 rings (SSSR count). The van der Waals surface area contributed by atoms with Crippen molar-refractivity contribution in [2.45, 2.75) is 25.4 Å². The minimum absolute atomic E-state index is 0.0835. The molecule has 0 aromatic carbocycles. The summed E-state index contributed by atoms with van der Waals surface area (Å²) in [5.74, 6) is 1.20. The Bertz CT molecular complexity index is 456. The SMILES string of the molecule is O=C(C1CCC1)N1CC(Oc2ncccc2Br)C1. The summed E-state index contributed by atoms with van der Waals surface area (Å²) < 4.78 is 6.60. The van der Waals surface area contributed by atoms with E-state index in [1.807, 2.05) is 17.0 Å². The zero-order chi connectivity index (χ0) is 12.5. The predicted octanol–water partition coefficient (Wildman–Crippen LogP) is 2.23. The van der Waals surface area contributed by atoms with E-state index in [-0.39, 0.29) is 12.0 Å². The average Bonchev–Trinajstić information content (AvgIpc) is 2.22. The highest BCUT2D eigenvalue weighted by molar-refractivity contribution is 9.10. The second kappa shape index (κ2) is 4.88. The molecule has 0 unspecified atom stereocenters. The summed E-state index contributed by atoms with van der Waals surface area (Å²) in [5.41, 5.74) is 0. The maximum absolute atomic E-state index is 11.9. The number of carbonyl (C=O) groups is 1. The van der Waals surface area contributed by atoms with Crippen LogP contribution in [0.25, 0.3) is 0 Å². The molecule has 1 saturated heterocycles. The first kappa shape index (κ1) is 12.0. The van der Waals surface area contributed by atoms with Crippen LogP contribution in [0.4, 0.5) is 0 Å². The summed E-state index contributed by atoms with van der Waals surface area (Å²) in [6.45, 7) is 1.39. The Labute approximate surface area is 114 Å². The van der Waals surface area contributed by atoms with E-state index in [0.29, 0.717) is 24.9 Å². The van der Waals surface area contributed by atoms with Gasteiger partial charge in [0.25, 0.3) is 0 Å². The number of hydrogen-bond acceptors (Lipinski definition) is 3. The lowest BCUT2D eigenvalue weighted by molar-refractivity contribution is -0.147. The first-order valence-electron chi connectivity index (χ1n) is 6.30. The summed E-state index contributed by atoms with van der Waals surface area (Å²) in [5, 5.41) is 0. The summed E-state index contributed by atoms with van der Waals surface area (Å²) in [7, 11) is 0. The highest BCUT2D eigenvalue weighted by atomic mass is 79.9. The number of amides is 1.